The van der Waals surface area contributed by atoms with Crippen LogP contribution in [0.4, 0.5) is 0 Å². The molecule has 0 radical (unpaired) electrons. The number of ether oxygens (including phenoxy) is 1. The van der Waals surface area contributed by atoms with Gasteiger partial charge in [0.25, 0.3) is 0 Å². The first kappa shape index (κ1) is 13.8. The molecule has 0 saturated carbocycles. The molecule has 2 heterocycles. The number of hydrogen-bond acceptors (Lipinski definition) is 3. The van der Waals surface area contributed by atoms with Gasteiger partial charge < -0.3 is 14.6 Å². The summed E-state index contributed by atoms with van der Waals surface area (Å²) in [5, 5.41) is 7.62. The second kappa shape index (κ2) is 7.11. The lowest BCUT2D eigenvalue weighted by molar-refractivity contribution is 0.199. The van der Waals surface area contributed by atoms with Gasteiger partial charge in [-0.1, -0.05) is 0 Å². The maximum Gasteiger partial charge on any atom is 0.0587 e. The van der Waals surface area contributed by atoms with Gasteiger partial charge in [0.05, 0.1) is 19.3 Å². The minimum Gasteiger partial charge on any atom is -0.383 e. The van der Waals surface area contributed by atoms with Gasteiger partial charge >= 0.3 is 0 Å². The third kappa shape index (κ3) is 4.22. The number of hydrogen-bond donors (Lipinski definition) is 1. The molecule has 104 valence electrons. The second-order valence-electron chi connectivity index (χ2n) is 4.57. The van der Waals surface area contributed by atoms with E-state index in [-0.39, 0.29) is 0 Å². The average molecular weight is 262 g/mol. The number of methoxy groups -OCH3 is 1. The lowest BCUT2D eigenvalue weighted by atomic mass is 10.3. The smallest absolute Gasteiger partial charge is 0.0587 e. The second-order valence-corrected chi connectivity index (χ2v) is 4.57. The van der Waals surface area contributed by atoms with Crippen molar-refractivity contribution < 1.29 is 4.74 Å². The van der Waals surface area contributed by atoms with Crippen molar-refractivity contribution >= 4 is 0 Å². The molecule has 1 N–H and O–H groups in total. The summed E-state index contributed by atoms with van der Waals surface area (Å²) in [5.74, 6) is 0. The molecule has 0 aliphatic carbocycles. The Labute approximate surface area is 114 Å². The summed E-state index contributed by atoms with van der Waals surface area (Å²) in [6.45, 7) is 6.39. The molecule has 5 heteroatoms. The van der Waals surface area contributed by atoms with Gasteiger partial charge in [0.1, 0.15) is 0 Å². The van der Waals surface area contributed by atoms with Crippen LogP contribution in [0.15, 0.2) is 30.9 Å². The third-order valence-electron chi connectivity index (χ3n) is 3.00. The van der Waals surface area contributed by atoms with E-state index in [1.807, 2.05) is 10.9 Å². The van der Waals surface area contributed by atoms with Crippen LogP contribution in [0.3, 0.4) is 0 Å². The molecule has 0 fully saturated rings. The van der Waals surface area contributed by atoms with E-state index in [2.05, 4.69) is 46.6 Å². The lowest BCUT2D eigenvalue weighted by Gasteiger charge is -2.02. The van der Waals surface area contributed by atoms with E-state index in [1.165, 1.54) is 11.1 Å². The van der Waals surface area contributed by atoms with E-state index in [9.17, 15) is 0 Å². The molecule has 0 atom stereocenters. The van der Waals surface area contributed by atoms with E-state index >= 15 is 0 Å². The van der Waals surface area contributed by atoms with Crippen LogP contribution in [0.5, 0.6) is 0 Å². The first-order chi connectivity index (χ1) is 9.31. The van der Waals surface area contributed by atoms with Gasteiger partial charge in [0.2, 0.25) is 0 Å². The van der Waals surface area contributed by atoms with Crippen molar-refractivity contribution in [2.75, 3.05) is 20.3 Å². The molecule has 0 aromatic carbocycles. The summed E-state index contributed by atoms with van der Waals surface area (Å²) < 4.78 is 9.14. The maximum atomic E-state index is 5.00. The monoisotopic (exact) mass is 262 g/mol. The molecule has 0 unspecified atom stereocenters. The fourth-order valence-electron chi connectivity index (χ4n) is 1.97. The van der Waals surface area contributed by atoms with Crippen molar-refractivity contribution in [2.24, 2.45) is 0 Å². The quantitative estimate of drug-likeness (QED) is 0.733. The van der Waals surface area contributed by atoms with Crippen LogP contribution in [0, 0.1) is 0 Å². The molecule has 19 heavy (non-hydrogen) atoms. The molecule has 2 aromatic rings. The lowest BCUT2D eigenvalue weighted by Crippen LogP contribution is -2.18. The standard InChI is InChI=1S/C14H22N4O/c1-3-18-12-14(9-16-18)11-17-6-4-13(10-17)8-15-5-7-19-2/h4,6,9-10,12,15H,3,5,7-8,11H2,1-2H3. The third-order valence-corrected chi connectivity index (χ3v) is 3.00. The summed E-state index contributed by atoms with van der Waals surface area (Å²) in [6, 6.07) is 2.14. The fourth-order valence-corrected chi connectivity index (χ4v) is 1.97. The van der Waals surface area contributed by atoms with Crippen LogP contribution in [0.1, 0.15) is 18.1 Å². The molecule has 5 nitrogen and oxygen atoms in total. The highest BCUT2D eigenvalue weighted by atomic mass is 16.5. The highest BCUT2D eigenvalue weighted by molar-refractivity contribution is 5.13. The zero-order valence-corrected chi connectivity index (χ0v) is 11.7. The zero-order chi connectivity index (χ0) is 13.5. The first-order valence-corrected chi connectivity index (χ1v) is 6.67. The normalized spacial score (nSPS) is 11.1. The van der Waals surface area contributed by atoms with Gasteiger partial charge in [0, 0.05) is 50.9 Å². The van der Waals surface area contributed by atoms with Gasteiger partial charge in [-0.3, -0.25) is 4.68 Å². The number of nitrogens with zero attached hydrogens (tertiary/aromatic N) is 3. The number of rotatable bonds is 8. The van der Waals surface area contributed by atoms with Crippen molar-refractivity contribution in [3.8, 4) is 0 Å². The van der Waals surface area contributed by atoms with Gasteiger partial charge in [-0.05, 0) is 18.6 Å². The van der Waals surface area contributed by atoms with Crippen LogP contribution in [0.2, 0.25) is 0 Å². The SMILES string of the molecule is CCn1cc(Cn2ccc(CNCCOC)c2)cn1. The predicted molar refractivity (Wildman–Crippen MR) is 75.0 cm³/mol. The molecule has 2 aromatic heterocycles. The molecule has 0 aliphatic rings. The molecule has 0 saturated heterocycles. The first-order valence-electron chi connectivity index (χ1n) is 6.67. The predicted octanol–water partition coefficient (Wildman–Crippen LogP) is 1.49. The van der Waals surface area contributed by atoms with Gasteiger partial charge in [0.15, 0.2) is 0 Å². The Bertz CT molecular complexity index is 489. The molecule has 2 rings (SSSR count). The van der Waals surface area contributed by atoms with Crippen LogP contribution in [-0.4, -0.2) is 34.6 Å². The summed E-state index contributed by atoms with van der Waals surface area (Å²) in [6.07, 6.45) is 8.30. The van der Waals surface area contributed by atoms with E-state index in [1.54, 1.807) is 7.11 Å². The largest absolute Gasteiger partial charge is 0.383 e. The van der Waals surface area contributed by atoms with Crippen molar-refractivity contribution in [1.29, 1.82) is 0 Å². The Morgan fingerprint density at radius 1 is 1.32 bits per heavy atom. The minimum absolute atomic E-state index is 0.747. The van der Waals surface area contributed by atoms with E-state index in [0.717, 1.165) is 32.8 Å². The zero-order valence-electron chi connectivity index (χ0n) is 11.7. The van der Waals surface area contributed by atoms with Crippen LogP contribution in [0.25, 0.3) is 0 Å². The van der Waals surface area contributed by atoms with E-state index in [0.29, 0.717) is 0 Å². The Morgan fingerprint density at radius 3 is 2.95 bits per heavy atom. The van der Waals surface area contributed by atoms with Crippen LogP contribution in [-0.2, 0) is 24.4 Å². The highest BCUT2D eigenvalue weighted by Crippen LogP contribution is 2.06. The Hall–Kier alpha value is -1.59. The number of nitrogens with one attached hydrogen (secondary N) is 1. The Balaban J connectivity index is 1.83. The van der Waals surface area contributed by atoms with Crippen molar-refractivity contribution in [2.45, 2.75) is 26.6 Å². The summed E-state index contributed by atoms with van der Waals surface area (Å²) in [4.78, 5) is 0. The molecule has 0 aliphatic heterocycles. The summed E-state index contributed by atoms with van der Waals surface area (Å²) in [5.41, 5.74) is 2.52. The van der Waals surface area contributed by atoms with E-state index < -0.39 is 0 Å². The van der Waals surface area contributed by atoms with Crippen molar-refractivity contribution in [1.82, 2.24) is 19.7 Å². The molecule has 0 amide bonds. The summed E-state index contributed by atoms with van der Waals surface area (Å²) >= 11 is 0. The maximum absolute atomic E-state index is 5.00. The highest BCUT2D eigenvalue weighted by Gasteiger charge is 2.00. The van der Waals surface area contributed by atoms with Crippen LogP contribution >= 0.6 is 0 Å². The average Bonchev–Trinajstić information content (AvgIpc) is 3.05. The molecular weight excluding hydrogens is 240 g/mol. The van der Waals surface area contributed by atoms with Crippen molar-refractivity contribution in [3.05, 3.63) is 42.0 Å². The number of aryl methyl sites for hydroxylation is 1. The molecular formula is C14H22N4O. The van der Waals surface area contributed by atoms with E-state index in [4.69, 9.17) is 4.74 Å². The summed E-state index contributed by atoms with van der Waals surface area (Å²) in [7, 11) is 1.72. The molecule has 0 spiro atoms. The fraction of sp³-hybridized carbons (Fsp3) is 0.500. The Kier molecular flexibility index (Phi) is 5.18. The molecule has 0 bridgehead atoms. The minimum atomic E-state index is 0.747. The Morgan fingerprint density at radius 2 is 2.21 bits per heavy atom. The topological polar surface area (TPSA) is 44.0 Å². The van der Waals surface area contributed by atoms with Gasteiger partial charge in [-0.15, -0.1) is 0 Å². The van der Waals surface area contributed by atoms with Crippen molar-refractivity contribution in [3.63, 3.8) is 0 Å². The van der Waals surface area contributed by atoms with Crippen LogP contribution < -0.4 is 5.32 Å². The number of aromatic nitrogens is 3. The van der Waals surface area contributed by atoms with Gasteiger partial charge in [-0.2, -0.15) is 5.10 Å². The van der Waals surface area contributed by atoms with Gasteiger partial charge in [-0.25, -0.2) is 0 Å².